The third kappa shape index (κ3) is 2.35. The van der Waals surface area contributed by atoms with Gasteiger partial charge in [-0.15, -0.1) is 5.11 Å². The first-order valence-electron chi connectivity index (χ1n) is 2.87. The van der Waals surface area contributed by atoms with Crippen LogP contribution in [0.5, 0.6) is 0 Å². The lowest BCUT2D eigenvalue weighted by Gasteiger charge is -2.14. The molecular weight excluding hydrogens is 114 g/mol. The fraction of sp³-hybridized carbons (Fsp3) is 0.833. The molecule has 0 aromatic rings. The molecule has 0 aromatic carbocycles. The van der Waals surface area contributed by atoms with Crippen LogP contribution in [0.4, 0.5) is 0 Å². The second-order valence-electron chi connectivity index (χ2n) is 2.91. The van der Waals surface area contributed by atoms with Gasteiger partial charge in [0.1, 0.15) is 0 Å². The summed E-state index contributed by atoms with van der Waals surface area (Å²) >= 11 is 0. The standard InChI is InChI=1S/C6H13N3/c1-6(2,3)5(8-4)9-7/h7H,1-4H3/b8-5-,9-7?. The van der Waals surface area contributed by atoms with Crippen LogP contribution in [-0.4, -0.2) is 12.9 Å². The van der Waals surface area contributed by atoms with Crippen LogP contribution in [0.3, 0.4) is 0 Å². The van der Waals surface area contributed by atoms with Crippen LogP contribution in [0.25, 0.3) is 0 Å². The molecule has 0 radical (unpaired) electrons. The van der Waals surface area contributed by atoms with Gasteiger partial charge in [0.25, 0.3) is 0 Å². The fourth-order valence-corrected chi connectivity index (χ4v) is 0.553. The molecule has 0 aliphatic rings. The maximum Gasteiger partial charge on any atom is 0.150 e. The van der Waals surface area contributed by atoms with E-state index in [4.69, 9.17) is 5.53 Å². The third-order valence-corrected chi connectivity index (χ3v) is 0.989. The first-order chi connectivity index (χ1) is 4.02. The summed E-state index contributed by atoms with van der Waals surface area (Å²) in [6, 6.07) is 0. The van der Waals surface area contributed by atoms with Crippen LogP contribution in [0.1, 0.15) is 20.8 Å². The van der Waals surface area contributed by atoms with Gasteiger partial charge in [-0.05, 0) is 0 Å². The average Bonchev–Trinajstić information content (AvgIpc) is 1.65. The Kier molecular flexibility index (Phi) is 2.49. The lowest BCUT2D eigenvalue weighted by molar-refractivity contribution is 0.579. The molecule has 52 valence electrons. The predicted octanol–water partition coefficient (Wildman–Crippen LogP) is 2.09. The minimum atomic E-state index is -0.0868. The molecule has 0 heterocycles. The summed E-state index contributed by atoms with van der Waals surface area (Å²) < 4.78 is 0. The van der Waals surface area contributed by atoms with E-state index in [0.29, 0.717) is 5.84 Å². The zero-order valence-corrected chi connectivity index (χ0v) is 6.39. The van der Waals surface area contributed by atoms with Crippen LogP contribution in [0.15, 0.2) is 10.1 Å². The quantitative estimate of drug-likeness (QED) is 0.294. The molecule has 0 atom stereocenters. The molecule has 9 heavy (non-hydrogen) atoms. The zero-order chi connectivity index (χ0) is 7.49. The van der Waals surface area contributed by atoms with E-state index in [1.807, 2.05) is 20.8 Å². The number of rotatable bonds is 0. The summed E-state index contributed by atoms with van der Waals surface area (Å²) in [5.41, 5.74) is 6.62. The molecule has 0 rings (SSSR count). The summed E-state index contributed by atoms with van der Waals surface area (Å²) in [4.78, 5) is 3.84. The second-order valence-corrected chi connectivity index (χ2v) is 2.91. The van der Waals surface area contributed by atoms with E-state index >= 15 is 0 Å². The zero-order valence-electron chi connectivity index (χ0n) is 6.39. The molecule has 3 heteroatoms. The van der Waals surface area contributed by atoms with Gasteiger partial charge < -0.3 is 0 Å². The highest BCUT2D eigenvalue weighted by atomic mass is 15.0. The van der Waals surface area contributed by atoms with Gasteiger partial charge in [0.2, 0.25) is 0 Å². The maximum absolute atomic E-state index is 6.71. The molecule has 0 aromatic heterocycles. The lowest BCUT2D eigenvalue weighted by atomic mass is 9.95. The Balaban J connectivity index is 4.32. The fourth-order valence-electron chi connectivity index (χ4n) is 0.553. The van der Waals surface area contributed by atoms with E-state index in [2.05, 4.69) is 10.1 Å². The van der Waals surface area contributed by atoms with Gasteiger partial charge in [0, 0.05) is 12.5 Å². The summed E-state index contributed by atoms with van der Waals surface area (Å²) in [5.74, 6) is 0.586. The summed E-state index contributed by atoms with van der Waals surface area (Å²) in [7, 11) is 1.65. The highest BCUT2D eigenvalue weighted by Crippen LogP contribution is 2.15. The topological polar surface area (TPSA) is 48.6 Å². The second kappa shape index (κ2) is 2.71. The maximum atomic E-state index is 6.71. The molecule has 0 aliphatic heterocycles. The molecular formula is C6H13N3. The first kappa shape index (κ1) is 8.27. The molecule has 1 N–H and O–H groups in total. The van der Waals surface area contributed by atoms with Gasteiger partial charge in [-0.2, -0.15) is 0 Å². The lowest BCUT2D eigenvalue weighted by Crippen LogP contribution is -2.17. The van der Waals surface area contributed by atoms with Crippen molar-refractivity contribution in [2.75, 3.05) is 7.05 Å². The van der Waals surface area contributed by atoms with Gasteiger partial charge in [-0.1, -0.05) is 20.8 Å². The molecule has 0 unspecified atom stereocenters. The van der Waals surface area contributed by atoms with E-state index < -0.39 is 0 Å². The third-order valence-electron chi connectivity index (χ3n) is 0.989. The number of hydrogen-bond acceptors (Lipinski definition) is 2. The molecule has 0 aliphatic carbocycles. The Labute approximate surface area is 55.7 Å². The smallest absolute Gasteiger partial charge is 0.150 e. The van der Waals surface area contributed by atoms with E-state index in [1.54, 1.807) is 7.05 Å². The van der Waals surface area contributed by atoms with Crippen molar-refractivity contribution in [2.24, 2.45) is 15.5 Å². The highest BCUT2D eigenvalue weighted by Gasteiger charge is 2.16. The average molecular weight is 127 g/mol. The number of amidine groups is 1. The Morgan fingerprint density at radius 3 is 1.78 bits per heavy atom. The summed E-state index contributed by atoms with van der Waals surface area (Å²) in [5, 5.41) is 3.28. The van der Waals surface area contributed by atoms with Gasteiger partial charge >= 0.3 is 0 Å². The Hall–Kier alpha value is -0.730. The first-order valence-corrected chi connectivity index (χ1v) is 2.87. The van der Waals surface area contributed by atoms with E-state index in [-0.39, 0.29) is 5.41 Å². The Morgan fingerprint density at radius 1 is 1.33 bits per heavy atom. The minimum absolute atomic E-state index is 0.0868. The van der Waals surface area contributed by atoms with Gasteiger partial charge in [-0.3, -0.25) is 4.99 Å². The van der Waals surface area contributed by atoms with Crippen LogP contribution in [-0.2, 0) is 0 Å². The van der Waals surface area contributed by atoms with E-state index in [0.717, 1.165) is 0 Å². The van der Waals surface area contributed by atoms with Crippen LogP contribution < -0.4 is 0 Å². The molecule has 0 bridgehead atoms. The Bertz CT molecular complexity index is 130. The number of nitrogens with one attached hydrogen (secondary N) is 1. The molecule has 0 saturated carbocycles. The Morgan fingerprint density at radius 2 is 1.78 bits per heavy atom. The SMILES string of the molecule is C/N=C(\N=N)C(C)(C)C. The van der Waals surface area contributed by atoms with Crippen molar-refractivity contribution in [3.8, 4) is 0 Å². The number of nitrogens with zero attached hydrogens (tertiary/aromatic N) is 2. The normalized spacial score (nSPS) is 13.6. The molecule has 0 amide bonds. The largest absolute Gasteiger partial charge is 0.272 e. The van der Waals surface area contributed by atoms with Gasteiger partial charge in [0.05, 0.1) is 0 Å². The molecule has 0 spiro atoms. The minimum Gasteiger partial charge on any atom is -0.272 e. The van der Waals surface area contributed by atoms with Gasteiger partial charge in [-0.25, -0.2) is 5.53 Å². The number of hydrogen-bond donors (Lipinski definition) is 1. The highest BCUT2D eigenvalue weighted by molar-refractivity contribution is 5.87. The molecule has 0 fully saturated rings. The van der Waals surface area contributed by atoms with Crippen LogP contribution in [0.2, 0.25) is 0 Å². The summed E-state index contributed by atoms with van der Waals surface area (Å²) in [6.45, 7) is 5.94. The van der Waals surface area contributed by atoms with Crippen molar-refractivity contribution in [3.63, 3.8) is 0 Å². The van der Waals surface area contributed by atoms with Crippen molar-refractivity contribution in [3.05, 3.63) is 0 Å². The molecule has 3 nitrogen and oxygen atoms in total. The van der Waals surface area contributed by atoms with Crippen molar-refractivity contribution in [1.29, 1.82) is 5.53 Å². The van der Waals surface area contributed by atoms with Crippen LogP contribution in [0, 0.1) is 10.9 Å². The van der Waals surface area contributed by atoms with E-state index in [1.165, 1.54) is 0 Å². The van der Waals surface area contributed by atoms with Crippen LogP contribution >= 0.6 is 0 Å². The predicted molar refractivity (Wildman–Crippen MR) is 38.0 cm³/mol. The molecule has 0 saturated heterocycles. The van der Waals surface area contributed by atoms with Crippen molar-refractivity contribution < 1.29 is 0 Å². The number of aliphatic imine (C=N–C) groups is 1. The summed E-state index contributed by atoms with van der Waals surface area (Å²) in [6.07, 6.45) is 0. The van der Waals surface area contributed by atoms with E-state index in [9.17, 15) is 0 Å². The van der Waals surface area contributed by atoms with Crippen molar-refractivity contribution in [1.82, 2.24) is 0 Å². The van der Waals surface area contributed by atoms with Gasteiger partial charge in [0.15, 0.2) is 5.84 Å². The van der Waals surface area contributed by atoms with Crippen molar-refractivity contribution >= 4 is 5.84 Å². The van der Waals surface area contributed by atoms with Crippen molar-refractivity contribution in [2.45, 2.75) is 20.8 Å². The monoisotopic (exact) mass is 127 g/mol.